The standard InChI is InChI=1S/C12H14O2.C2H6/c1-3-5-6-9(4-2)12-10(13)7-8-11(12)14;1-2/h4-8,12H,3H2,1-2H3;1-2H3/b6-5-,9-4+;. The Kier molecular flexibility index (Phi) is 7.10. The summed E-state index contributed by atoms with van der Waals surface area (Å²) in [5.74, 6) is -0.796. The highest BCUT2D eigenvalue weighted by Crippen LogP contribution is 2.21. The minimum absolute atomic E-state index is 0.108. The number of ketones is 2. The Morgan fingerprint density at radius 3 is 2.12 bits per heavy atom. The summed E-state index contributed by atoms with van der Waals surface area (Å²) in [5, 5.41) is 0. The molecule has 0 heterocycles. The van der Waals surface area contributed by atoms with Gasteiger partial charge in [0.1, 0.15) is 5.92 Å². The van der Waals surface area contributed by atoms with E-state index in [1.54, 1.807) is 0 Å². The lowest BCUT2D eigenvalue weighted by molar-refractivity contribution is -0.124. The maximum Gasteiger partial charge on any atom is 0.171 e. The van der Waals surface area contributed by atoms with E-state index in [-0.39, 0.29) is 11.6 Å². The van der Waals surface area contributed by atoms with Crippen molar-refractivity contribution in [3.8, 4) is 0 Å². The van der Waals surface area contributed by atoms with E-state index in [1.807, 2.05) is 45.9 Å². The summed E-state index contributed by atoms with van der Waals surface area (Å²) in [4.78, 5) is 22.7. The predicted molar refractivity (Wildman–Crippen MR) is 67.2 cm³/mol. The number of hydrogen-bond acceptors (Lipinski definition) is 2. The maximum atomic E-state index is 11.4. The highest BCUT2D eigenvalue weighted by atomic mass is 16.2. The molecule has 2 heteroatoms. The van der Waals surface area contributed by atoms with Crippen molar-refractivity contribution in [2.75, 3.05) is 0 Å². The quantitative estimate of drug-likeness (QED) is 0.540. The molecule has 0 saturated heterocycles. The van der Waals surface area contributed by atoms with Gasteiger partial charge in [0.05, 0.1) is 0 Å². The Labute approximate surface area is 97.7 Å². The fraction of sp³-hybridized carbons (Fsp3) is 0.429. The zero-order valence-corrected chi connectivity index (χ0v) is 10.5. The summed E-state index contributed by atoms with van der Waals surface area (Å²) >= 11 is 0. The average Bonchev–Trinajstić information content (AvgIpc) is 2.64. The highest BCUT2D eigenvalue weighted by Gasteiger charge is 2.29. The van der Waals surface area contributed by atoms with Crippen molar-refractivity contribution >= 4 is 11.6 Å². The van der Waals surface area contributed by atoms with Crippen LogP contribution < -0.4 is 0 Å². The molecule has 0 atom stereocenters. The molecule has 88 valence electrons. The van der Waals surface area contributed by atoms with Gasteiger partial charge >= 0.3 is 0 Å². The molecular weight excluding hydrogens is 200 g/mol. The van der Waals surface area contributed by atoms with Crippen molar-refractivity contribution in [1.82, 2.24) is 0 Å². The minimum atomic E-state index is -0.581. The maximum absolute atomic E-state index is 11.4. The van der Waals surface area contributed by atoms with E-state index in [9.17, 15) is 9.59 Å². The van der Waals surface area contributed by atoms with Gasteiger partial charge in [-0.15, -0.1) is 0 Å². The summed E-state index contributed by atoms with van der Waals surface area (Å²) in [7, 11) is 0. The van der Waals surface area contributed by atoms with Gasteiger partial charge in [-0.1, -0.05) is 39.0 Å². The normalized spacial score (nSPS) is 16.9. The van der Waals surface area contributed by atoms with Gasteiger partial charge in [-0.05, 0) is 31.1 Å². The lowest BCUT2D eigenvalue weighted by Crippen LogP contribution is -2.16. The Hall–Kier alpha value is -1.44. The molecule has 1 rings (SSSR count). The molecule has 0 aromatic rings. The number of carbonyl (C=O) groups excluding carboxylic acids is 2. The fourth-order valence-electron chi connectivity index (χ4n) is 1.44. The zero-order chi connectivity index (χ0) is 12.6. The summed E-state index contributed by atoms with van der Waals surface area (Å²) in [6.45, 7) is 7.86. The largest absolute Gasteiger partial charge is 0.294 e. The van der Waals surface area contributed by atoms with Crippen LogP contribution in [0.3, 0.4) is 0 Å². The van der Waals surface area contributed by atoms with E-state index in [4.69, 9.17) is 0 Å². The average molecular weight is 220 g/mol. The van der Waals surface area contributed by atoms with Crippen LogP contribution in [0.4, 0.5) is 0 Å². The van der Waals surface area contributed by atoms with Crippen LogP contribution in [0.25, 0.3) is 0 Å². The second-order valence-corrected chi connectivity index (χ2v) is 3.17. The molecule has 0 fully saturated rings. The van der Waals surface area contributed by atoms with Gasteiger partial charge in [0, 0.05) is 0 Å². The third-order valence-electron chi connectivity index (χ3n) is 2.19. The van der Waals surface area contributed by atoms with Gasteiger partial charge in [0.15, 0.2) is 11.6 Å². The molecule has 0 saturated carbocycles. The van der Waals surface area contributed by atoms with Crippen LogP contribution in [0, 0.1) is 5.92 Å². The highest BCUT2D eigenvalue weighted by molar-refractivity contribution is 6.20. The molecule has 1 aliphatic rings. The molecule has 0 N–H and O–H groups in total. The molecule has 0 spiro atoms. The van der Waals surface area contributed by atoms with E-state index in [0.717, 1.165) is 12.0 Å². The lowest BCUT2D eigenvalue weighted by Gasteiger charge is -2.07. The Bertz CT molecular complexity index is 315. The summed E-state index contributed by atoms with van der Waals surface area (Å²) < 4.78 is 0. The van der Waals surface area contributed by atoms with E-state index >= 15 is 0 Å². The van der Waals surface area contributed by atoms with Crippen molar-refractivity contribution < 1.29 is 9.59 Å². The SMILES string of the molecule is C/C=C(\C=C/CC)C1C(=O)C=CC1=O.CC. The third kappa shape index (κ3) is 3.61. The van der Waals surface area contributed by atoms with Crippen LogP contribution in [-0.2, 0) is 9.59 Å². The predicted octanol–water partition coefficient (Wildman–Crippen LogP) is 3.25. The Balaban J connectivity index is 0.00000106. The number of carbonyl (C=O) groups is 2. The summed E-state index contributed by atoms with van der Waals surface area (Å²) in [6.07, 6.45) is 9.24. The fourth-order valence-corrected chi connectivity index (χ4v) is 1.44. The first kappa shape index (κ1) is 14.6. The third-order valence-corrected chi connectivity index (χ3v) is 2.19. The van der Waals surface area contributed by atoms with Gasteiger partial charge in [0.25, 0.3) is 0 Å². The van der Waals surface area contributed by atoms with Crippen LogP contribution in [0.2, 0.25) is 0 Å². The molecule has 0 unspecified atom stereocenters. The van der Waals surface area contributed by atoms with Crippen molar-refractivity contribution in [2.24, 2.45) is 5.92 Å². The molecule has 0 amide bonds. The summed E-state index contributed by atoms with van der Waals surface area (Å²) in [6, 6.07) is 0. The Morgan fingerprint density at radius 1 is 1.25 bits per heavy atom. The first-order valence-electron chi connectivity index (χ1n) is 5.79. The first-order valence-corrected chi connectivity index (χ1v) is 5.79. The van der Waals surface area contributed by atoms with Gasteiger partial charge in [-0.2, -0.15) is 0 Å². The molecular formula is C14H20O2. The van der Waals surface area contributed by atoms with E-state index < -0.39 is 5.92 Å². The second-order valence-electron chi connectivity index (χ2n) is 3.17. The smallest absolute Gasteiger partial charge is 0.171 e. The topological polar surface area (TPSA) is 34.1 Å². The van der Waals surface area contributed by atoms with Crippen molar-refractivity contribution in [2.45, 2.75) is 34.1 Å². The van der Waals surface area contributed by atoms with Gasteiger partial charge in [-0.3, -0.25) is 9.59 Å². The lowest BCUT2D eigenvalue weighted by atomic mass is 9.94. The van der Waals surface area contributed by atoms with Crippen molar-refractivity contribution in [3.63, 3.8) is 0 Å². The van der Waals surface area contributed by atoms with Crippen molar-refractivity contribution in [3.05, 3.63) is 36.0 Å². The Morgan fingerprint density at radius 2 is 1.75 bits per heavy atom. The molecule has 0 aromatic heterocycles. The van der Waals surface area contributed by atoms with E-state index in [0.29, 0.717) is 0 Å². The molecule has 0 bridgehead atoms. The molecule has 0 aromatic carbocycles. The van der Waals surface area contributed by atoms with Crippen molar-refractivity contribution in [1.29, 1.82) is 0 Å². The van der Waals surface area contributed by atoms with Gasteiger partial charge in [0.2, 0.25) is 0 Å². The molecule has 1 aliphatic carbocycles. The van der Waals surface area contributed by atoms with Gasteiger partial charge in [-0.25, -0.2) is 0 Å². The molecule has 16 heavy (non-hydrogen) atoms. The van der Waals surface area contributed by atoms with Crippen LogP contribution in [-0.4, -0.2) is 11.6 Å². The van der Waals surface area contributed by atoms with Crippen LogP contribution in [0.15, 0.2) is 36.0 Å². The van der Waals surface area contributed by atoms with Crippen LogP contribution >= 0.6 is 0 Å². The minimum Gasteiger partial charge on any atom is -0.294 e. The van der Waals surface area contributed by atoms with Crippen LogP contribution in [0.1, 0.15) is 34.1 Å². The zero-order valence-electron chi connectivity index (χ0n) is 10.5. The monoisotopic (exact) mass is 220 g/mol. The van der Waals surface area contributed by atoms with E-state index in [2.05, 4.69) is 0 Å². The number of rotatable bonds is 3. The number of allylic oxidation sites excluding steroid dienone is 6. The summed E-state index contributed by atoms with van der Waals surface area (Å²) in [5.41, 5.74) is 0.798. The molecule has 2 nitrogen and oxygen atoms in total. The molecule has 0 aliphatic heterocycles. The first-order chi connectivity index (χ1) is 7.70. The van der Waals surface area contributed by atoms with Crippen LogP contribution in [0.5, 0.6) is 0 Å². The van der Waals surface area contributed by atoms with E-state index in [1.165, 1.54) is 12.2 Å². The number of hydrogen-bond donors (Lipinski definition) is 0. The van der Waals surface area contributed by atoms with Gasteiger partial charge < -0.3 is 0 Å². The molecule has 0 radical (unpaired) electrons. The second kappa shape index (κ2) is 7.80.